The van der Waals surface area contributed by atoms with Crippen LogP contribution in [-0.4, -0.2) is 30.3 Å². The van der Waals surface area contributed by atoms with E-state index < -0.39 is 24.0 Å². The number of phenolic OH excluding ortho intramolecular Hbond substituents is 1. The molecule has 132 valence electrons. The summed E-state index contributed by atoms with van der Waals surface area (Å²) in [6.07, 6.45) is 0.0725. The number of urea groups is 1. The van der Waals surface area contributed by atoms with Crippen LogP contribution in [0.15, 0.2) is 30.5 Å². The smallest absolute Gasteiger partial charge is 0.319 e. The molecule has 0 unspecified atom stereocenters. The molecule has 0 saturated carbocycles. The lowest BCUT2D eigenvalue weighted by atomic mass is 9.89. The molecule has 8 heteroatoms. The van der Waals surface area contributed by atoms with E-state index >= 15 is 0 Å². The number of ether oxygens (including phenoxy) is 2. The summed E-state index contributed by atoms with van der Waals surface area (Å²) >= 11 is 0. The number of carbonyl (C=O) groups excluding carboxylic acids is 2. The second kappa shape index (κ2) is 8.06. The molecule has 2 amide bonds. The van der Waals surface area contributed by atoms with Crippen molar-refractivity contribution in [3.8, 4) is 17.6 Å². The molecular formula is C17H19N3O5. The van der Waals surface area contributed by atoms with E-state index in [0.717, 1.165) is 0 Å². The van der Waals surface area contributed by atoms with Gasteiger partial charge in [0, 0.05) is 5.70 Å². The van der Waals surface area contributed by atoms with Gasteiger partial charge in [0.15, 0.2) is 11.5 Å². The summed E-state index contributed by atoms with van der Waals surface area (Å²) in [5.74, 6) is -1.29. The number of phenols is 1. The van der Waals surface area contributed by atoms with Gasteiger partial charge in [-0.15, -0.1) is 0 Å². The summed E-state index contributed by atoms with van der Waals surface area (Å²) in [7, 11) is 0. The molecule has 0 spiro atoms. The predicted molar refractivity (Wildman–Crippen MR) is 87.5 cm³/mol. The van der Waals surface area contributed by atoms with Crippen LogP contribution < -0.4 is 15.4 Å². The van der Waals surface area contributed by atoms with Crippen molar-refractivity contribution in [2.75, 3.05) is 13.2 Å². The van der Waals surface area contributed by atoms with E-state index in [0.29, 0.717) is 12.2 Å². The van der Waals surface area contributed by atoms with Crippen LogP contribution in [0.5, 0.6) is 11.5 Å². The summed E-state index contributed by atoms with van der Waals surface area (Å²) < 4.78 is 10.4. The van der Waals surface area contributed by atoms with Gasteiger partial charge in [0.1, 0.15) is 12.5 Å². The molecule has 2 atom stereocenters. The monoisotopic (exact) mass is 345 g/mol. The Labute approximate surface area is 145 Å². The van der Waals surface area contributed by atoms with Gasteiger partial charge < -0.3 is 25.2 Å². The Morgan fingerprint density at radius 3 is 2.92 bits per heavy atom. The largest absolute Gasteiger partial charge is 0.504 e. The van der Waals surface area contributed by atoms with Gasteiger partial charge in [0.2, 0.25) is 0 Å². The van der Waals surface area contributed by atoms with Gasteiger partial charge in [0.25, 0.3) is 0 Å². The molecular weight excluding hydrogens is 326 g/mol. The normalized spacial score (nSPS) is 19.4. The van der Waals surface area contributed by atoms with Crippen molar-refractivity contribution in [1.82, 2.24) is 10.6 Å². The highest BCUT2D eigenvalue weighted by atomic mass is 16.5. The van der Waals surface area contributed by atoms with Crippen LogP contribution in [0.25, 0.3) is 0 Å². The molecule has 1 aromatic rings. The molecule has 0 bridgehead atoms. The van der Waals surface area contributed by atoms with Gasteiger partial charge in [-0.3, -0.25) is 4.79 Å². The Bertz CT molecular complexity index is 725. The molecule has 25 heavy (non-hydrogen) atoms. The number of rotatable bonds is 6. The molecule has 0 radical (unpaired) electrons. The maximum absolute atomic E-state index is 12.4. The number of aromatic hydroxyl groups is 1. The molecule has 1 aromatic carbocycles. The highest BCUT2D eigenvalue weighted by Gasteiger charge is 2.39. The van der Waals surface area contributed by atoms with Crippen LogP contribution in [0, 0.1) is 17.2 Å². The highest BCUT2D eigenvalue weighted by molar-refractivity contribution is 5.85. The summed E-state index contributed by atoms with van der Waals surface area (Å²) in [4.78, 5) is 24.2. The van der Waals surface area contributed by atoms with E-state index in [1.165, 1.54) is 6.07 Å². The Balaban J connectivity index is 2.31. The topological polar surface area (TPSA) is 121 Å². The first-order valence-corrected chi connectivity index (χ1v) is 7.73. The third-order valence-corrected chi connectivity index (χ3v) is 3.62. The zero-order chi connectivity index (χ0) is 18.4. The standard InChI is InChI=1S/C17H19N3O5/c1-3-24-13-9-11(5-6-12(13)21)15-14(10(2)19-17(23)20-15)16(22)25-8-4-7-18/h5-6,9,14-15,21H,2-4,8H2,1H3,(H2,19,20,23)/t14-,15+/m0/s1. The lowest BCUT2D eigenvalue weighted by molar-refractivity contribution is -0.148. The maximum atomic E-state index is 12.4. The Kier molecular flexibility index (Phi) is 5.84. The lowest BCUT2D eigenvalue weighted by Gasteiger charge is -2.33. The summed E-state index contributed by atoms with van der Waals surface area (Å²) in [5, 5.41) is 23.5. The first-order chi connectivity index (χ1) is 12.0. The molecule has 1 saturated heterocycles. The number of nitrogens with one attached hydrogen (secondary N) is 2. The van der Waals surface area contributed by atoms with Gasteiger partial charge >= 0.3 is 12.0 Å². The average molecular weight is 345 g/mol. The molecule has 1 heterocycles. The first-order valence-electron chi connectivity index (χ1n) is 7.73. The fourth-order valence-corrected chi connectivity index (χ4v) is 2.52. The summed E-state index contributed by atoms with van der Waals surface area (Å²) in [6, 6.07) is 5.21. The molecule has 3 N–H and O–H groups in total. The molecule has 8 nitrogen and oxygen atoms in total. The third kappa shape index (κ3) is 4.20. The van der Waals surface area contributed by atoms with Crippen LogP contribution >= 0.6 is 0 Å². The third-order valence-electron chi connectivity index (χ3n) is 3.62. The minimum atomic E-state index is -0.879. The Morgan fingerprint density at radius 2 is 2.24 bits per heavy atom. The van der Waals surface area contributed by atoms with E-state index in [4.69, 9.17) is 14.7 Å². The van der Waals surface area contributed by atoms with Crippen molar-refractivity contribution in [3.05, 3.63) is 36.0 Å². The van der Waals surface area contributed by atoms with Crippen LogP contribution in [0.4, 0.5) is 4.79 Å². The average Bonchev–Trinajstić information content (AvgIpc) is 2.56. The van der Waals surface area contributed by atoms with Crippen molar-refractivity contribution < 1.29 is 24.2 Å². The minimum Gasteiger partial charge on any atom is -0.504 e. The van der Waals surface area contributed by atoms with Crippen LogP contribution in [0.1, 0.15) is 24.9 Å². The number of carbonyl (C=O) groups is 2. The molecule has 1 fully saturated rings. The van der Waals surface area contributed by atoms with Crippen molar-refractivity contribution in [2.45, 2.75) is 19.4 Å². The van der Waals surface area contributed by atoms with Gasteiger partial charge in [-0.25, -0.2) is 4.79 Å². The van der Waals surface area contributed by atoms with Gasteiger partial charge in [-0.2, -0.15) is 5.26 Å². The van der Waals surface area contributed by atoms with Gasteiger partial charge in [0.05, 0.1) is 25.1 Å². The number of nitrogens with zero attached hydrogens (tertiary/aromatic N) is 1. The van der Waals surface area contributed by atoms with Crippen molar-refractivity contribution in [1.29, 1.82) is 5.26 Å². The zero-order valence-electron chi connectivity index (χ0n) is 13.7. The number of hydrogen-bond acceptors (Lipinski definition) is 6. The Morgan fingerprint density at radius 1 is 1.48 bits per heavy atom. The number of benzene rings is 1. The first kappa shape index (κ1) is 18.1. The minimum absolute atomic E-state index is 0.0421. The van der Waals surface area contributed by atoms with E-state index in [-0.39, 0.29) is 30.2 Å². The zero-order valence-corrected chi connectivity index (χ0v) is 13.7. The highest BCUT2D eigenvalue weighted by Crippen LogP contribution is 2.35. The van der Waals surface area contributed by atoms with Gasteiger partial charge in [-0.1, -0.05) is 12.6 Å². The second-order valence-electron chi connectivity index (χ2n) is 5.31. The van der Waals surface area contributed by atoms with Crippen LogP contribution in [0.3, 0.4) is 0 Å². The van der Waals surface area contributed by atoms with Crippen molar-refractivity contribution in [3.63, 3.8) is 0 Å². The van der Waals surface area contributed by atoms with Crippen molar-refractivity contribution >= 4 is 12.0 Å². The van der Waals surface area contributed by atoms with Crippen LogP contribution in [-0.2, 0) is 9.53 Å². The number of nitriles is 1. The number of amides is 2. The molecule has 0 aromatic heterocycles. The quantitative estimate of drug-likeness (QED) is 0.533. The van der Waals surface area contributed by atoms with Crippen molar-refractivity contribution in [2.24, 2.45) is 5.92 Å². The SMILES string of the molecule is C=C1NC(=O)N[C@H](c2ccc(O)c(OCC)c2)[C@H]1C(=O)OCCC#N. The molecule has 2 rings (SSSR count). The number of esters is 1. The fraction of sp³-hybridized carbons (Fsp3) is 0.353. The predicted octanol–water partition coefficient (Wildman–Crippen LogP) is 1.73. The van der Waals surface area contributed by atoms with E-state index in [2.05, 4.69) is 17.2 Å². The second-order valence-corrected chi connectivity index (χ2v) is 5.31. The Hall–Kier alpha value is -3.21. The lowest BCUT2D eigenvalue weighted by Crippen LogP contribution is -2.51. The van der Waals surface area contributed by atoms with E-state index in [9.17, 15) is 14.7 Å². The molecule has 1 aliphatic heterocycles. The maximum Gasteiger partial charge on any atom is 0.319 e. The summed E-state index contributed by atoms with van der Waals surface area (Å²) in [6.45, 7) is 5.81. The fourth-order valence-electron chi connectivity index (χ4n) is 2.52. The van der Waals surface area contributed by atoms with E-state index in [1.807, 2.05) is 6.07 Å². The summed E-state index contributed by atoms with van der Waals surface area (Å²) in [5.41, 5.74) is 0.751. The van der Waals surface area contributed by atoms with Crippen LogP contribution in [0.2, 0.25) is 0 Å². The number of hydrogen-bond donors (Lipinski definition) is 3. The molecule has 0 aliphatic carbocycles. The van der Waals surface area contributed by atoms with E-state index in [1.54, 1.807) is 19.1 Å². The van der Waals surface area contributed by atoms with Gasteiger partial charge in [-0.05, 0) is 24.6 Å². The molecule has 1 aliphatic rings.